The van der Waals surface area contributed by atoms with Crippen LogP contribution < -0.4 is 24.0 Å². The van der Waals surface area contributed by atoms with Crippen LogP contribution in [0.3, 0.4) is 0 Å². The Balaban J connectivity index is 1.01. The van der Waals surface area contributed by atoms with Crippen LogP contribution in [0.15, 0.2) is 115 Å². The maximum atomic E-state index is 13.5. The van der Waals surface area contributed by atoms with E-state index in [2.05, 4.69) is 6.58 Å². The third-order valence-corrected chi connectivity index (χ3v) is 10.4. The van der Waals surface area contributed by atoms with Crippen molar-refractivity contribution in [2.45, 2.75) is 51.4 Å². The van der Waals surface area contributed by atoms with Crippen LogP contribution in [0.4, 0.5) is 10.8 Å². The minimum Gasteiger partial charge on any atom is -0.494 e. The minimum atomic E-state index is -0.524. The van der Waals surface area contributed by atoms with E-state index in [4.69, 9.17) is 33.8 Å². The van der Waals surface area contributed by atoms with Gasteiger partial charge in [0.15, 0.2) is 6.79 Å². The molecule has 0 saturated heterocycles. The maximum Gasteiger partial charge on any atom is 0.330 e. The standard InChI is InChI=1S/C44H45N3O9S/c1-2-41(49)53-27-11-4-3-10-26-52-35-20-22-36(23-21-35)55-42(50)31-16-18-32(19-17-31)43(51)56-39-25-24-37(54-30-48)28-33(39)29-45-47(34-12-6-5-7-13-34)44-46-38-14-8-9-15-40(38)57-44/h2,5-9,12-15,20-25,28-29,31-32,48H,1,3-4,10-11,16-19,26-27,30H2/b45-29+. The van der Waals surface area contributed by atoms with Crippen molar-refractivity contribution in [1.82, 2.24) is 4.98 Å². The number of rotatable bonds is 19. The summed E-state index contributed by atoms with van der Waals surface area (Å²) < 4.78 is 28.8. The SMILES string of the molecule is C=CC(=O)OCCCCCCOc1ccc(OC(=O)C2CCC(C(=O)Oc3ccc(OCO)cc3/C=N/N(c3ccccc3)c3nc4ccccc4s3)CC2)cc1. The number of nitrogens with zero attached hydrogens (tertiary/aromatic N) is 3. The monoisotopic (exact) mass is 791 g/mol. The van der Waals surface area contributed by atoms with Gasteiger partial charge in [-0.05, 0) is 118 Å². The van der Waals surface area contributed by atoms with Crippen LogP contribution >= 0.6 is 11.3 Å². The average molecular weight is 792 g/mol. The number of fused-ring (bicyclic) bond motifs is 1. The molecule has 1 saturated carbocycles. The van der Waals surface area contributed by atoms with Crippen LogP contribution in [0.25, 0.3) is 10.2 Å². The number of ether oxygens (including phenoxy) is 5. The summed E-state index contributed by atoms with van der Waals surface area (Å²) in [6, 6.07) is 29.3. The molecule has 1 aliphatic carbocycles. The van der Waals surface area contributed by atoms with Gasteiger partial charge in [0, 0.05) is 11.6 Å². The number of aromatic nitrogens is 1. The summed E-state index contributed by atoms with van der Waals surface area (Å²) in [6.45, 7) is 3.79. The van der Waals surface area contributed by atoms with E-state index in [1.165, 1.54) is 11.3 Å². The number of esters is 3. The Morgan fingerprint density at radius 2 is 1.42 bits per heavy atom. The largest absolute Gasteiger partial charge is 0.494 e. The molecule has 0 atom stereocenters. The minimum absolute atomic E-state index is 0.282. The number of aliphatic hydroxyl groups is 1. The number of carbonyl (C=O) groups is 3. The third-order valence-electron chi connectivity index (χ3n) is 9.35. The highest BCUT2D eigenvalue weighted by molar-refractivity contribution is 7.22. The summed E-state index contributed by atoms with van der Waals surface area (Å²) in [4.78, 5) is 42.4. The molecule has 1 heterocycles. The van der Waals surface area contributed by atoms with Crippen molar-refractivity contribution >= 4 is 56.5 Å². The smallest absolute Gasteiger partial charge is 0.330 e. The molecule has 0 bridgehead atoms. The molecule has 6 rings (SSSR count). The van der Waals surface area contributed by atoms with Gasteiger partial charge in [-0.2, -0.15) is 5.10 Å². The van der Waals surface area contributed by atoms with Gasteiger partial charge in [-0.1, -0.05) is 48.2 Å². The van der Waals surface area contributed by atoms with E-state index in [0.717, 1.165) is 47.7 Å². The molecule has 4 aromatic carbocycles. The topological polar surface area (TPSA) is 146 Å². The van der Waals surface area contributed by atoms with Gasteiger partial charge in [0.1, 0.15) is 23.0 Å². The number of benzene rings is 4. The fourth-order valence-corrected chi connectivity index (χ4v) is 7.23. The number of carbonyl (C=O) groups excluding carboxylic acids is 3. The van der Waals surface area contributed by atoms with Gasteiger partial charge >= 0.3 is 17.9 Å². The second-order valence-corrected chi connectivity index (χ2v) is 14.3. The number of hydrogen-bond acceptors (Lipinski definition) is 13. The van der Waals surface area contributed by atoms with Gasteiger partial charge in [-0.15, -0.1) is 0 Å². The van der Waals surface area contributed by atoms with Crippen molar-refractivity contribution in [2.75, 3.05) is 25.0 Å². The molecule has 296 valence electrons. The highest BCUT2D eigenvalue weighted by atomic mass is 32.1. The Kier molecular flexibility index (Phi) is 14.8. The molecule has 1 aliphatic rings. The van der Waals surface area contributed by atoms with E-state index >= 15 is 0 Å². The van der Waals surface area contributed by atoms with Crippen LogP contribution in [0.5, 0.6) is 23.0 Å². The molecule has 0 unspecified atom stereocenters. The summed E-state index contributed by atoms with van der Waals surface area (Å²) in [5.74, 6) is -0.105. The van der Waals surface area contributed by atoms with Crippen LogP contribution in [-0.4, -0.2) is 54.2 Å². The Hall–Kier alpha value is -6.05. The zero-order chi connectivity index (χ0) is 39.8. The predicted molar refractivity (Wildman–Crippen MR) is 218 cm³/mol. The Morgan fingerprint density at radius 3 is 2.12 bits per heavy atom. The lowest BCUT2D eigenvalue weighted by atomic mass is 9.82. The Labute approximate surface area is 335 Å². The third kappa shape index (κ3) is 11.7. The summed E-state index contributed by atoms with van der Waals surface area (Å²) >= 11 is 1.50. The molecular weight excluding hydrogens is 747 g/mol. The molecule has 5 aromatic rings. The number of thiazole rings is 1. The first-order valence-corrected chi connectivity index (χ1v) is 19.8. The summed E-state index contributed by atoms with van der Waals surface area (Å²) in [5, 5.41) is 16.6. The molecule has 1 aromatic heterocycles. The lowest BCUT2D eigenvalue weighted by molar-refractivity contribution is -0.145. The first-order valence-electron chi connectivity index (χ1n) is 19.0. The van der Waals surface area contributed by atoms with Gasteiger partial charge in [-0.3, -0.25) is 9.59 Å². The molecule has 0 spiro atoms. The van der Waals surface area contributed by atoms with E-state index < -0.39 is 24.6 Å². The van der Waals surface area contributed by atoms with Crippen molar-refractivity contribution in [3.05, 3.63) is 115 Å². The molecule has 1 fully saturated rings. The van der Waals surface area contributed by atoms with Gasteiger partial charge in [-0.25, -0.2) is 14.8 Å². The number of hydrogen-bond donors (Lipinski definition) is 1. The van der Waals surface area contributed by atoms with E-state index in [-0.39, 0.29) is 17.6 Å². The quantitative estimate of drug-likeness (QED) is 0.0163. The van der Waals surface area contributed by atoms with Crippen molar-refractivity contribution in [3.63, 3.8) is 0 Å². The summed E-state index contributed by atoms with van der Waals surface area (Å²) in [6.07, 6.45) is 8.20. The van der Waals surface area contributed by atoms with Crippen LogP contribution in [0, 0.1) is 11.8 Å². The molecule has 57 heavy (non-hydrogen) atoms. The van der Waals surface area contributed by atoms with E-state index in [1.807, 2.05) is 54.6 Å². The van der Waals surface area contributed by atoms with E-state index in [1.54, 1.807) is 53.7 Å². The zero-order valence-corrected chi connectivity index (χ0v) is 32.3. The second-order valence-electron chi connectivity index (χ2n) is 13.3. The highest BCUT2D eigenvalue weighted by Crippen LogP contribution is 2.35. The Morgan fingerprint density at radius 1 is 0.772 bits per heavy atom. The predicted octanol–water partition coefficient (Wildman–Crippen LogP) is 8.78. The fraction of sp³-hybridized carbons (Fsp3) is 0.295. The number of anilines is 2. The molecule has 1 N–H and O–H groups in total. The maximum absolute atomic E-state index is 13.5. The molecule has 0 amide bonds. The number of unbranched alkanes of at least 4 members (excludes halogenated alkanes) is 3. The summed E-state index contributed by atoms with van der Waals surface area (Å²) in [7, 11) is 0. The number of para-hydroxylation sites is 2. The molecular formula is C44H45N3O9S. The van der Waals surface area contributed by atoms with Gasteiger partial charge < -0.3 is 28.8 Å². The van der Waals surface area contributed by atoms with Gasteiger partial charge in [0.25, 0.3) is 0 Å². The molecule has 0 aliphatic heterocycles. The van der Waals surface area contributed by atoms with Gasteiger partial charge in [0.2, 0.25) is 5.13 Å². The highest BCUT2D eigenvalue weighted by Gasteiger charge is 2.32. The average Bonchev–Trinajstić information content (AvgIpc) is 3.67. The van der Waals surface area contributed by atoms with Crippen molar-refractivity contribution < 1.29 is 43.2 Å². The second kappa shape index (κ2) is 20.7. The lowest BCUT2D eigenvalue weighted by Gasteiger charge is -2.26. The van der Waals surface area contributed by atoms with Crippen molar-refractivity contribution in [1.29, 1.82) is 0 Å². The van der Waals surface area contributed by atoms with E-state index in [9.17, 15) is 19.5 Å². The number of aliphatic hydroxyl groups excluding tert-OH is 1. The molecule has 0 radical (unpaired) electrons. The summed E-state index contributed by atoms with van der Waals surface area (Å²) in [5.41, 5.74) is 2.11. The molecule has 12 nitrogen and oxygen atoms in total. The molecule has 13 heteroatoms. The van der Waals surface area contributed by atoms with Crippen molar-refractivity contribution in [2.24, 2.45) is 16.9 Å². The first-order chi connectivity index (χ1) is 27.9. The van der Waals surface area contributed by atoms with Crippen LogP contribution in [-0.2, 0) is 19.1 Å². The van der Waals surface area contributed by atoms with Crippen LogP contribution in [0.2, 0.25) is 0 Å². The lowest BCUT2D eigenvalue weighted by Crippen LogP contribution is -2.30. The normalized spacial score (nSPS) is 15.2. The number of hydrazone groups is 1. The van der Waals surface area contributed by atoms with Gasteiger partial charge in [0.05, 0.1) is 47.2 Å². The van der Waals surface area contributed by atoms with Crippen molar-refractivity contribution in [3.8, 4) is 23.0 Å². The zero-order valence-electron chi connectivity index (χ0n) is 31.5. The fourth-order valence-electron chi connectivity index (χ4n) is 6.29. The van der Waals surface area contributed by atoms with Crippen LogP contribution in [0.1, 0.15) is 56.9 Å². The van der Waals surface area contributed by atoms with E-state index in [0.29, 0.717) is 66.8 Å². The first kappa shape index (κ1) is 40.6. The Bertz CT molecular complexity index is 2100.